The Kier molecular flexibility index (Phi) is 5.12. The molecule has 0 spiro atoms. The Morgan fingerprint density at radius 3 is 2.71 bits per heavy atom. The molecule has 150 valence electrons. The van der Waals surface area contributed by atoms with Crippen LogP contribution in [0, 0.1) is 0 Å². The van der Waals surface area contributed by atoms with Gasteiger partial charge in [-0.2, -0.15) is 13.8 Å². The molecule has 2 aromatic heterocycles. The highest BCUT2D eigenvalue weighted by molar-refractivity contribution is 5.68. The number of hydrogen-bond donors (Lipinski definition) is 1. The van der Waals surface area contributed by atoms with Crippen molar-refractivity contribution >= 4 is 17.6 Å². The molecule has 2 aliphatic heterocycles. The number of nitrogen functional groups attached to an aromatic ring is 1. The highest BCUT2D eigenvalue weighted by atomic mass is 19.3. The molecule has 10 heteroatoms. The minimum Gasteiger partial charge on any atom is -0.431 e. The van der Waals surface area contributed by atoms with E-state index in [0.29, 0.717) is 23.8 Å². The van der Waals surface area contributed by atoms with Gasteiger partial charge in [0.05, 0.1) is 18.4 Å². The Morgan fingerprint density at radius 2 is 2.04 bits per heavy atom. The van der Waals surface area contributed by atoms with Crippen LogP contribution in [0.1, 0.15) is 13.3 Å². The minimum absolute atomic E-state index is 0.0942. The van der Waals surface area contributed by atoms with Crippen molar-refractivity contribution in [1.29, 1.82) is 0 Å². The van der Waals surface area contributed by atoms with Gasteiger partial charge in [-0.15, -0.1) is 0 Å². The summed E-state index contributed by atoms with van der Waals surface area (Å²) >= 11 is 0. The molecule has 2 aromatic rings. The van der Waals surface area contributed by atoms with E-state index >= 15 is 0 Å². The van der Waals surface area contributed by atoms with Gasteiger partial charge in [-0.1, -0.05) is 0 Å². The molecule has 0 radical (unpaired) electrons. The molecule has 2 aliphatic rings. The summed E-state index contributed by atoms with van der Waals surface area (Å²) in [6, 6.07) is 3.27. The largest absolute Gasteiger partial charge is 0.431 e. The summed E-state index contributed by atoms with van der Waals surface area (Å²) < 4.78 is 35.4. The van der Waals surface area contributed by atoms with Crippen LogP contribution < -0.4 is 20.3 Å². The third-order valence-corrected chi connectivity index (χ3v) is 4.80. The summed E-state index contributed by atoms with van der Waals surface area (Å²) in [4.78, 5) is 17.5. The van der Waals surface area contributed by atoms with Crippen LogP contribution in [0.4, 0.5) is 26.4 Å². The third-order valence-electron chi connectivity index (χ3n) is 4.80. The second kappa shape index (κ2) is 7.70. The van der Waals surface area contributed by atoms with Crippen molar-refractivity contribution in [2.75, 3.05) is 48.3 Å². The SMILES string of the molecule is CC1CN(c2cc(-c3cnc(N)c(OC(F)F)c3)nc(N3CCC3)n2)CCO1. The molecule has 0 saturated carbocycles. The molecule has 1 atom stereocenters. The Bertz CT molecular complexity index is 849. The van der Waals surface area contributed by atoms with E-state index in [1.54, 1.807) is 0 Å². The molecular weight excluding hydrogens is 370 g/mol. The van der Waals surface area contributed by atoms with Gasteiger partial charge in [0.2, 0.25) is 5.95 Å². The third kappa shape index (κ3) is 3.91. The van der Waals surface area contributed by atoms with Crippen LogP contribution >= 0.6 is 0 Å². The van der Waals surface area contributed by atoms with E-state index in [9.17, 15) is 8.78 Å². The summed E-state index contributed by atoms with van der Waals surface area (Å²) in [5, 5.41) is 0. The molecule has 8 nitrogen and oxygen atoms in total. The highest BCUT2D eigenvalue weighted by Gasteiger charge is 2.24. The van der Waals surface area contributed by atoms with Gasteiger partial charge in [0, 0.05) is 44.0 Å². The van der Waals surface area contributed by atoms with Gasteiger partial charge in [0.15, 0.2) is 11.6 Å². The Morgan fingerprint density at radius 1 is 1.21 bits per heavy atom. The van der Waals surface area contributed by atoms with E-state index in [0.717, 1.165) is 38.4 Å². The first-order valence-corrected chi connectivity index (χ1v) is 9.21. The maximum Gasteiger partial charge on any atom is 0.387 e. The van der Waals surface area contributed by atoms with Crippen LogP contribution in [0.15, 0.2) is 18.3 Å². The number of anilines is 3. The van der Waals surface area contributed by atoms with Crippen molar-refractivity contribution in [3.8, 4) is 17.0 Å². The summed E-state index contributed by atoms with van der Waals surface area (Å²) in [5.74, 6) is 1.13. The first kappa shape index (κ1) is 18.6. The molecule has 4 heterocycles. The van der Waals surface area contributed by atoms with Gasteiger partial charge in [0.1, 0.15) is 5.82 Å². The zero-order valence-electron chi connectivity index (χ0n) is 15.5. The van der Waals surface area contributed by atoms with Gasteiger partial charge in [-0.25, -0.2) is 9.97 Å². The molecule has 0 aliphatic carbocycles. The lowest BCUT2D eigenvalue weighted by atomic mass is 10.1. The monoisotopic (exact) mass is 392 g/mol. The van der Waals surface area contributed by atoms with E-state index in [-0.39, 0.29) is 17.7 Å². The van der Waals surface area contributed by atoms with Crippen LogP contribution in [-0.4, -0.2) is 60.5 Å². The lowest BCUT2D eigenvalue weighted by Crippen LogP contribution is -2.42. The lowest BCUT2D eigenvalue weighted by molar-refractivity contribution is -0.0494. The number of morpholine rings is 1. The van der Waals surface area contributed by atoms with Crippen molar-refractivity contribution in [1.82, 2.24) is 15.0 Å². The molecule has 0 aromatic carbocycles. The number of nitrogens with two attached hydrogens (primary N) is 1. The first-order valence-electron chi connectivity index (χ1n) is 9.21. The number of halogens is 2. The maximum absolute atomic E-state index is 12.6. The smallest absolute Gasteiger partial charge is 0.387 e. The van der Waals surface area contributed by atoms with Crippen LogP contribution in [0.25, 0.3) is 11.3 Å². The van der Waals surface area contributed by atoms with E-state index in [2.05, 4.69) is 24.5 Å². The summed E-state index contributed by atoms with van der Waals surface area (Å²) in [6.07, 6.45) is 2.69. The van der Waals surface area contributed by atoms with Crippen molar-refractivity contribution < 1.29 is 18.3 Å². The van der Waals surface area contributed by atoms with Gasteiger partial charge < -0.3 is 25.0 Å². The van der Waals surface area contributed by atoms with E-state index in [4.69, 9.17) is 15.5 Å². The number of hydrogen-bond acceptors (Lipinski definition) is 8. The number of alkyl halides is 2. The fraction of sp³-hybridized carbons (Fsp3) is 0.500. The van der Waals surface area contributed by atoms with Crippen molar-refractivity contribution in [3.05, 3.63) is 18.3 Å². The molecule has 0 bridgehead atoms. The highest BCUT2D eigenvalue weighted by Crippen LogP contribution is 2.31. The van der Waals surface area contributed by atoms with Gasteiger partial charge in [0.25, 0.3) is 0 Å². The Balaban J connectivity index is 1.72. The number of rotatable bonds is 5. The molecule has 2 N–H and O–H groups in total. The van der Waals surface area contributed by atoms with Crippen LogP contribution in [-0.2, 0) is 4.74 Å². The second-order valence-electron chi connectivity index (χ2n) is 6.87. The second-order valence-corrected chi connectivity index (χ2v) is 6.87. The number of aromatic nitrogens is 3. The van der Waals surface area contributed by atoms with Crippen LogP contribution in [0.5, 0.6) is 5.75 Å². The fourth-order valence-electron chi connectivity index (χ4n) is 3.20. The summed E-state index contributed by atoms with van der Waals surface area (Å²) in [7, 11) is 0. The van der Waals surface area contributed by atoms with Crippen molar-refractivity contribution in [2.24, 2.45) is 0 Å². The predicted octanol–water partition coefficient (Wildman–Crippen LogP) is 2.16. The fourth-order valence-corrected chi connectivity index (χ4v) is 3.20. The topological polar surface area (TPSA) is 89.6 Å². The Hall–Kier alpha value is -2.75. The predicted molar refractivity (Wildman–Crippen MR) is 101 cm³/mol. The van der Waals surface area contributed by atoms with Crippen molar-refractivity contribution in [3.63, 3.8) is 0 Å². The zero-order valence-corrected chi connectivity index (χ0v) is 15.5. The zero-order chi connectivity index (χ0) is 19.7. The molecule has 28 heavy (non-hydrogen) atoms. The standard InChI is InChI=1S/C18H22F2N6O2/c1-11-10-26(5-6-27-11)15-8-13(23-18(24-15)25-3-2-4-25)12-7-14(28-17(19)20)16(21)22-9-12/h7-9,11,17H,2-6,10H2,1H3,(H2,21,22). The maximum atomic E-state index is 12.6. The molecule has 2 fully saturated rings. The lowest BCUT2D eigenvalue weighted by Gasteiger charge is -2.35. The summed E-state index contributed by atoms with van der Waals surface area (Å²) in [5.41, 5.74) is 6.77. The normalized spacial score (nSPS) is 19.6. The molecule has 4 rings (SSSR count). The van der Waals surface area contributed by atoms with Crippen LogP contribution in [0.2, 0.25) is 0 Å². The van der Waals surface area contributed by atoms with Gasteiger partial charge >= 0.3 is 6.61 Å². The van der Waals surface area contributed by atoms with E-state index in [1.165, 1.54) is 12.3 Å². The van der Waals surface area contributed by atoms with Gasteiger partial charge in [-0.05, 0) is 19.4 Å². The molecular formula is C18H22F2N6O2. The first-order chi connectivity index (χ1) is 13.5. The number of pyridine rings is 1. The van der Waals surface area contributed by atoms with E-state index in [1.807, 2.05) is 13.0 Å². The number of ether oxygens (including phenoxy) is 2. The van der Waals surface area contributed by atoms with E-state index < -0.39 is 6.61 Å². The molecule has 1 unspecified atom stereocenters. The average Bonchev–Trinajstić information content (AvgIpc) is 2.61. The quantitative estimate of drug-likeness (QED) is 0.828. The molecule has 2 saturated heterocycles. The number of nitrogens with zero attached hydrogens (tertiary/aromatic N) is 5. The minimum atomic E-state index is -2.98. The van der Waals surface area contributed by atoms with Crippen LogP contribution in [0.3, 0.4) is 0 Å². The van der Waals surface area contributed by atoms with Gasteiger partial charge in [-0.3, -0.25) is 0 Å². The van der Waals surface area contributed by atoms with Crippen molar-refractivity contribution in [2.45, 2.75) is 26.1 Å². The molecule has 0 amide bonds. The summed E-state index contributed by atoms with van der Waals surface area (Å²) in [6.45, 7) is 2.88. The Labute approximate surface area is 161 Å². The average molecular weight is 392 g/mol.